The minimum atomic E-state index is -3.50. The number of hydrogen-bond donors (Lipinski definition) is 2. The Balaban J connectivity index is 3.03. The first-order valence-electron chi connectivity index (χ1n) is 4.21. The minimum Gasteiger partial charge on any atom is -0.329 e. The summed E-state index contributed by atoms with van der Waals surface area (Å²) in [5, 5.41) is 0.653. The Morgan fingerprint density at radius 1 is 1.12 bits per heavy atom. The van der Waals surface area contributed by atoms with Gasteiger partial charge in [0.2, 0.25) is 10.0 Å². The Morgan fingerprint density at radius 2 is 1.69 bits per heavy atom. The van der Waals surface area contributed by atoms with E-state index >= 15 is 0 Å². The molecule has 1 aromatic rings. The summed E-state index contributed by atoms with van der Waals surface area (Å²) in [6.07, 6.45) is 0. The normalized spacial score (nSPS) is 11.5. The molecule has 4 nitrogen and oxygen atoms in total. The molecule has 0 aliphatic heterocycles. The van der Waals surface area contributed by atoms with Crippen molar-refractivity contribution in [2.45, 2.75) is 0 Å². The molecule has 0 saturated heterocycles. The van der Waals surface area contributed by atoms with Gasteiger partial charge in [0.1, 0.15) is 0 Å². The number of nitrogens with two attached hydrogens (primary N) is 1. The summed E-state index contributed by atoms with van der Waals surface area (Å²) in [4.78, 5) is 0. The molecule has 0 aromatic heterocycles. The first kappa shape index (κ1) is 13.9. The highest BCUT2D eigenvalue weighted by atomic mass is 35.5. The van der Waals surface area contributed by atoms with Crippen molar-refractivity contribution in [1.29, 1.82) is 0 Å². The van der Waals surface area contributed by atoms with Gasteiger partial charge in [-0.2, -0.15) is 0 Å². The molecule has 0 saturated carbocycles. The van der Waals surface area contributed by atoms with Gasteiger partial charge in [0, 0.05) is 6.54 Å². The van der Waals surface area contributed by atoms with E-state index < -0.39 is 10.0 Å². The maximum absolute atomic E-state index is 11.4. The maximum Gasteiger partial charge on any atom is 0.234 e. The van der Waals surface area contributed by atoms with E-state index in [1.54, 1.807) is 0 Å². The monoisotopic (exact) mass is 302 g/mol. The lowest BCUT2D eigenvalue weighted by molar-refractivity contribution is 0.601. The van der Waals surface area contributed by atoms with E-state index in [0.29, 0.717) is 0 Å². The number of rotatable bonds is 4. The van der Waals surface area contributed by atoms with Crippen LogP contribution in [0.15, 0.2) is 12.1 Å². The molecule has 0 amide bonds. The topological polar surface area (TPSA) is 72.2 Å². The summed E-state index contributed by atoms with van der Waals surface area (Å²) >= 11 is 17.3. The van der Waals surface area contributed by atoms with Gasteiger partial charge in [-0.25, -0.2) is 8.42 Å². The van der Waals surface area contributed by atoms with Gasteiger partial charge in [-0.05, 0) is 12.1 Å². The molecule has 1 aromatic carbocycles. The van der Waals surface area contributed by atoms with Crippen molar-refractivity contribution >= 4 is 50.5 Å². The van der Waals surface area contributed by atoms with E-state index in [1.165, 1.54) is 12.1 Å². The predicted octanol–water partition coefficient (Wildman–Crippen LogP) is 2.35. The van der Waals surface area contributed by atoms with Gasteiger partial charge in [-0.3, -0.25) is 4.72 Å². The molecule has 3 N–H and O–H groups in total. The number of halogens is 3. The lowest BCUT2D eigenvalue weighted by Crippen LogP contribution is -2.22. The summed E-state index contributed by atoms with van der Waals surface area (Å²) in [7, 11) is -3.50. The highest BCUT2D eigenvalue weighted by Crippen LogP contribution is 2.32. The summed E-state index contributed by atoms with van der Waals surface area (Å²) in [6.45, 7) is 0.0221. The van der Waals surface area contributed by atoms with Crippen molar-refractivity contribution in [1.82, 2.24) is 0 Å². The highest BCUT2D eigenvalue weighted by Gasteiger charge is 2.13. The van der Waals surface area contributed by atoms with Gasteiger partial charge in [0.15, 0.2) is 0 Å². The standard InChI is InChI=1S/C8H9Cl3N2O2S/c9-5-3-7(11)8(4-6(5)10)13-16(14,15)2-1-12/h3-4,13H,1-2,12H2. The lowest BCUT2D eigenvalue weighted by atomic mass is 10.3. The van der Waals surface area contributed by atoms with Gasteiger partial charge in [0.25, 0.3) is 0 Å². The van der Waals surface area contributed by atoms with Gasteiger partial charge in [-0.1, -0.05) is 34.8 Å². The lowest BCUT2D eigenvalue weighted by Gasteiger charge is -2.09. The molecule has 8 heteroatoms. The minimum absolute atomic E-state index is 0.0221. The van der Waals surface area contributed by atoms with Crippen LogP contribution >= 0.6 is 34.8 Å². The average molecular weight is 304 g/mol. The van der Waals surface area contributed by atoms with Crippen molar-refractivity contribution in [3.05, 3.63) is 27.2 Å². The molecule has 0 spiro atoms. The van der Waals surface area contributed by atoms with Gasteiger partial charge < -0.3 is 5.73 Å². The molecule has 0 radical (unpaired) electrons. The van der Waals surface area contributed by atoms with Crippen molar-refractivity contribution in [3.63, 3.8) is 0 Å². The number of nitrogens with one attached hydrogen (secondary N) is 1. The molecule has 0 fully saturated rings. The van der Waals surface area contributed by atoms with Gasteiger partial charge >= 0.3 is 0 Å². The quantitative estimate of drug-likeness (QED) is 0.839. The van der Waals surface area contributed by atoms with Crippen LogP contribution < -0.4 is 10.5 Å². The second-order valence-electron chi connectivity index (χ2n) is 2.96. The van der Waals surface area contributed by atoms with E-state index in [-0.39, 0.29) is 33.1 Å². The molecule has 0 bridgehead atoms. The van der Waals surface area contributed by atoms with Crippen LogP contribution in [0.2, 0.25) is 15.1 Å². The predicted molar refractivity (Wildman–Crippen MR) is 67.9 cm³/mol. The zero-order valence-corrected chi connectivity index (χ0v) is 11.1. The second kappa shape index (κ2) is 5.42. The molecule has 0 heterocycles. The zero-order chi connectivity index (χ0) is 12.3. The SMILES string of the molecule is NCCS(=O)(=O)Nc1cc(Cl)c(Cl)cc1Cl. The van der Waals surface area contributed by atoms with Crippen molar-refractivity contribution in [2.75, 3.05) is 17.0 Å². The molecule has 0 aliphatic rings. The second-order valence-corrected chi connectivity index (χ2v) is 6.02. The van der Waals surface area contributed by atoms with Crippen LogP contribution in [0.25, 0.3) is 0 Å². The van der Waals surface area contributed by atoms with Crippen molar-refractivity contribution in [2.24, 2.45) is 5.73 Å². The van der Waals surface area contributed by atoms with E-state index in [2.05, 4.69) is 4.72 Å². The Bertz CT molecular complexity index is 490. The van der Waals surface area contributed by atoms with Crippen LogP contribution in [0, 0.1) is 0 Å². The average Bonchev–Trinajstić information content (AvgIpc) is 2.13. The summed E-state index contributed by atoms with van der Waals surface area (Å²) < 4.78 is 25.1. The Labute approximate surface area is 109 Å². The van der Waals surface area contributed by atoms with Crippen molar-refractivity contribution < 1.29 is 8.42 Å². The third-order valence-corrected chi connectivity index (χ3v) is 4.00. The third kappa shape index (κ3) is 3.68. The summed E-state index contributed by atoms with van der Waals surface area (Å²) in [6, 6.07) is 2.71. The maximum atomic E-state index is 11.4. The van der Waals surface area contributed by atoms with Crippen LogP contribution in [0.1, 0.15) is 0 Å². The molecule has 0 aliphatic carbocycles. The van der Waals surface area contributed by atoms with Gasteiger partial charge in [-0.15, -0.1) is 0 Å². The molecule has 0 unspecified atom stereocenters. The molecule has 0 atom stereocenters. The first-order chi connectivity index (χ1) is 7.35. The fraction of sp³-hybridized carbons (Fsp3) is 0.250. The highest BCUT2D eigenvalue weighted by molar-refractivity contribution is 7.92. The van der Waals surface area contributed by atoms with E-state index in [1.807, 2.05) is 0 Å². The van der Waals surface area contributed by atoms with E-state index in [4.69, 9.17) is 40.5 Å². The van der Waals surface area contributed by atoms with Gasteiger partial charge in [0.05, 0.1) is 26.5 Å². The third-order valence-electron chi connectivity index (χ3n) is 1.66. The summed E-state index contributed by atoms with van der Waals surface area (Å²) in [5.41, 5.74) is 5.35. The van der Waals surface area contributed by atoms with Crippen LogP contribution in [-0.4, -0.2) is 20.7 Å². The van der Waals surface area contributed by atoms with Crippen LogP contribution in [0.3, 0.4) is 0 Å². The number of sulfonamides is 1. The fourth-order valence-electron chi connectivity index (χ4n) is 0.974. The molecule has 90 valence electrons. The largest absolute Gasteiger partial charge is 0.329 e. The Hall–Kier alpha value is -0.200. The number of benzene rings is 1. The smallest absolute Gasteiger partial charge is 0.234 e. The van der Waals surface area contributed by atoms with Crippen LogP contribution in [0.5, 0.6) is 0 Å². The zero-order valence-electron chi connectivity index (χ0n) is 8.00. The molecular formula is C8H9Cl3N2O2S. The van der Waals surface area contributed by atoms with E-state index in [9.17, 15) is 8.42 Å². The van der Waals surface area contributed by atoms with E-state index in [0.717, 1.165) is 0 Å². The van der Waals surface area contributed by atoms with Crippen LogP contribution in [0.4, 0.5) is 5.69 Å². The Morgan fingerprint density at radius 3 is 2.25 bits per heavy atom. The first-order valence-corrected chi connectivity index (χ1v) is 6.99. The molecule has 1 rings (SSSR count). The molecule has 16 heavy (non-hydrogen) atoms. The fourth-order valence-corrected chi connectivity index (χ4v) is 2.54. The number of hydrogen-bond acceptors (Lipinski definition) is 3. The van der Waals surface area contributed by atoms with Crippen molar-refractivity contribution in [3.8, 4) is 0 Å². The molecular weight excluding hydrogens is 295 g/mol. The number of anilines is 1. The van der Waals surface area contributed by atoms with Crippen LogP contribution in [-0.2, 0) is 10.0 Å². The Kier molecular flexibility index (Phi) is 4.70. The summed E-state index contributed by atoms with van der Waals surface area (Å²) in [5.74, 6) is -0.191.